The average molecular weight is 291 g/mol. The van der Waals surface area contributed by atoms with E-state index in [1.165, 1.54) is 6.07 Å². The Labute approximate surface area is 115 Å². The van der Waals surface area contributed by atoms with E-state index in [0.29, 0.717) is 5.69 Å². The summed E-state index contributed by atoms with van der Waals surface area (Å²) in [5.41, 5.74) is 0.326. The molecule has 1 heterocycles. The summed E-state index contributed by atoms with van der Waals surface area (Å²) in [7, 11) is -3.91. The average Bonchev–Trinajstić information content (AvgIpc) is 2.38. The van der Waals surface area contributed by atoms with Gasteiger partial charge in [0.25, 0.3) is 10.0 Å². The zero-order valence-electron chi connectivity index (χ0n) is 10.5. The van der Waals surface area contributed by atoms with Gasteiger partial charge in [-0.05, 0) is 37.3 Å². The zero-order valence-corrected chi connectivity index (χ0v) is 11.3. The molecule has 20 heavy (non-hydrogen) atoms. The Hall–Kier alpha value is -2.46. The molecule has 0 saturated carbocycles. The predicted octanol–water partition coefficient (Wildman–Crippen LogP) is 2.20. The van der Waals surface area contributed by atoms with Gasteiger partial charge in [0, 0.05) is 5.69 Å². The topological polar surface area (TPSA) is 82.9 Å². The van der Waals surface area contributed by atoms with Crippen molar-refractivity contribution in [3.8, 4) is 6.07 Å². The quantitative estimate of drug-likeness (QED) is 0.939. The van der Waals surface area contributed by atoms with Gasteiger partial charge in [-0.2, -0.15) is 5.26 Å². The van der Waals surface area contributed by atoms with Gasteiger partial charge in [0.15, 0.2) is 0 Å². The van der Waals surface area contributed by atoms with Crippen molar-refractivity contribution in [1.82, 2.24) is 4.98 Å². The number of benzene rings is 1. The molecule has 7 heteroatoms. The second-order valence-electron chi connectivity index (χ2n) is 4.02. The molecule has 0 saturated heterocycles. The maximum Gasteiger partial charge on any atom is 0.263 e. The first-order valence-corrected chi connectivity index (χ1v) is 7.07. The fraction of sp³-hybridized carbons (Fsp3) is 0.0769. The number of aryl methyl sites for hydroxylation is 1. The van der Waals surface area contributed by atoms with Crippen molar-refractivity contribution >= 4 is 15.8 Å². The van der Waals surface area contributed by atoms with Crippen molar-refractivity contribution in [1.29, 1.82) is 5.26 Å². The van der Waals surface area contributed by atoms with E-state index in [-0.39, 0.29) is 16.3 Å². The minimum absolute atomic E-state index is 0.160. The number of hydrogen-bond donors (Lipinski definition) is 1. The largest absolute Gasteiger partial charge is 0.263 e. The first-order valence-electron chi connectivity index (χ1n) is 5.58. The number of anilines is 1. The highest BCUT2D eigenvalue weighted by Crippen LogP contribution is 2.17. The highest BCUT2D eigenvalue weighted by molar-refractivity contribution is 7.92. The maximum atomic E-state index is 13.2. The highest BCUT2D eigenvalue weighted by Gasteiger charge is 2.17. The smallest absolute Gasteiger partial charge is 0.263 e. The predicted molar refractivity (Wildman–Crippen MR) is 70.9 cm³/mol. The minimum atomic E-state index is -3.91. The van der Waals surface area contributed by atoms with Crippen LogP contribution in [-0.2, 0) is 10.0 Å². The van der Waals surface area contributed by atoms with Crippen LogP contribution < -0.4 is 4.72 Å². The van der Waals surface area contributed by atoms with Crippen LogP contribution in [0, 0.1) is 24.1 Å². The number of nitrogens with one attached hydrogen (secondary N) is 1. The Morgan fingerprint density at radius 3 is 2.70 bits per heavy atom. The Morgan fingerprint density at radius 1 is 1.30 bits per heavy atom. The lowest BCUT2D eigenvalue weighted by Gasteiger charge is -2.08. The van der Waals surface area contributed by atoms with Gasteiger partial charge in [-0.15, -0.1) is 0 Å². The molecular weight excluding hydrogens is 281 g/mol. The summed E-state index contributed by atoms with van der Waals surface area (Å²) >= 11 is 0. The second kappa shape index (κ2) is 5.27. The summed E-state index contributed by atoms with van der Waals surface area (Å²) in [4.78, 5) is 3.82. The Bertz CT molecular complexity index is 798. The van der Waals surface area contributed by atoms with E-state index in [0.717, 1.165) is 18.2 Å². The third-order valence-corrected chi connectivity index (χ3v) is 3.85. The number of pyridine rings is 1. The van der Waals surface area contributed by atoms with E-state index in [1.807, 2.05) is 0 Å². The Kier molecular flexibility index (Phi) is 3.68. The van der Waals surface area contributed by atoms with Gasteiger partial charge >= 0.3 is 0 Å². The molecule has 0 atom stereocenters. The lowest BCUT2D eigenvalue weighted by molar-refractivity contribution is 0.599. The van der Waals surface area contributed by atoms with Gasteiger partial charge in [-0.1, -0.05) is 6.07 Å². The van der Waals surface area contributed by atoms with Crippen molar-refractivity contribution in [3.05, 3.63) is 53.5 Å². The van der Waals surface area contributed by atoms with Gasteiger partial charge in [0.2, 0.25) is 0 Å². The standard InChI is InChI=1S/C13H10FN3O2S/c1-9-3-2-4-13(16-9)17-20(18,19)11-5-6-12(14)10(7-11)8-15/h2-7H,1H3,(H,16,17). The highest BCUT2D eigenvalue weighted by atomic mass is 32.2. The van der Waals surface area contributed by atoms with Crippen LogP contribution in [-0.4, -0.2) is 13.4 Å². The van der Waals surface area contributed by atoms with Crippen LogP contribution in [0.5, 0.6) is 0 Å². The number of halogens is 1. The van der Waals surface area contributed by atoms with Gasteiger partial charge in [0.1, 0.15) is 17.7 Å². The second-order valence-corrected chi connectivity index (χ2v) is 5.71. The normalized spacial score (nSPS) is 10.8. The molecule has 0 amide bonds. The molecule has 0 aliphatic rings. The SMILES string of the molecule is Cc1cccc(NS(=O)(=O)c2ccc(F)c(C#N)c2)n1. The van der Waals surface area contributed by atoms with Crippen LogP contribution in [0.25, 0.3) is 0 Å². The summed E-state index contributed by atoms with van der Waals surface area (Å²) in [6, 6.07) is 9.49. The van der Waals surface area contributed by atoms with E-state index in [4.69, 9.17) is 5.26 Å². The van der Waals surface area contributed by atoms with E-state index in [9.17, 15) is 12.8 Å². The van der Waals surface area contributed by atoms with Crippen molar-refractivity contribution < 1.29 is 12.8 Å². The monoisotopic (exact) mass is 291 g/mol. The molecule has 0 aliphatic carbocycles. The van der Waals surface area contributed by atoms with Crippen LogP contribution in [0.1, 0.15) is 11.3 Å². The fourth-order valence-electron chi connectivity index (χ4n) is 1.55. The molecule has 0 radical (unpaired) electrons. The molecule has 1 N–H and O–H groups in total. The van der Waals surface area contributed by atoms with E-state index in [1.54, 1.807) is 25.1 Å². The van der Waals surface area contributed by atoms with E-state index in [2.05, 4.69) is 9.71 Å². The minimum Gasteiger partial charge on any atom is -0.263 e. The van der Waals surface area contributed by atoms with Crippen molar-refractivity contribution in [3.63, 3.8) is 0 Å². The third-order valence-electron chi connectivity index (χ3n) is 2.50. The Balaban J connectivity index is 2.39. The number of rotatable bonds is 3. The Morgan fingerprint density at radius 2 is 2.05 bits per heavy atom. The van der Waals surface area contributed by atoms with Crippen LogP contribution in [0.15, 0.2) is 41.3 Å². The number of aromatic nitrogens is 1. The summed E-state index contributed by atoms with van der Waals surface area (Å²) in [5, 5.41) is 8.72. The summed E-state index contributed by atoms with van der Waals surface area (Å²) in [5.74, 6) is -0.604. The molecule has 1 aromatic carbocycles. The summed E-state index contributed by atoms with van der Waals surface area (Å²) < 4.78 is 39.7. The van der Waals surface area contributed by atoms with E-state index < -0.39 is 15.8 Å². The van der Waals surface area contributed by atoms with Crippen LogP contribution in [0.3, 0.4) is 0 Å². The molecule has 5 nitrogen and oxygen atoms in total. The van der Waals surface area contributed by atoms with Crippen LogP contribution >= 0.6 is 0 Å². The molecule has 102 valence electrons. The zero-order chi connectivity index (χ0) is 14.8. The lowest BCUT2D eigenvalue weighted by atomic mass is 10.2. The molecule has 2 aromatic rings. The number of sulfonamides is 1. The summed E-state index contributed by atoms with van der Waals surface area (Å²) in [6.45, 7) is 1.73. The first kappa shape index (κ1) is 14.0. The van der Waals surface area contributed by atoms with Gasteiger partial charge in [0.05, 0.1) is 10.5 Å². The van der Waals surface area contributed by atoms with Gasteiger partial charge < -0.3 is 0 Å². The molecule has 2 rings (SSSR count). The first-order chi connectivity index (χ1) is 9.42. The van der Waals surface area contributed by atoms with Crippen LogP contribution in [0.4, 0.5) is 10.2 Å². The number of hydrogen-bond acceptors (Lipinski definition) is 4. The van der Waals surface area contributed by atoms with Gasteiger partial charge in [-0.3, -0.25) is 4.72 Å². The van der Waals surface area contributed by atoms with Crippen LogP contribution in [0.2, 0.25) is 0 Å². The number of nitrogens with zero attached hydrogens (tertiary/aromatic N) is 2. The third kappa shape index (κ3) is 2.92. The molecule has 0 fully saturated rings. The molecule has 1 aromatic heterocycles. The number of nitriles is 1. The van der Waals surface area contributed by atoms with Crippen molar-refractivity contribution in [2.45, 2.75) is 11.8 Å². The van der Waals surface area contributed by atoms with Crippen molar-refractivity contribution in [2.75, 3.05) is 4.72 Å². The maximum absolute atomic E-state index is 13.2. The molecule has 0 spiro atoms. The lowest BCUT2D eigenvalue weighted by Crippen LogP contribution is -2.14. The van der Waals surface area contributed by atoms with E-state index >= 15 is 0 Å². The molecule has 0 bridgehead atoms. The molecule has 0 unspecified atom stereocenters. The molecule has 0 aliphatic heterocycles. The fourth-order valence-corrected chi connectivity index (χ4v) is 2.58. The summed E-state index contributed by atoms with van der Waals surface area (Å²) in [6.07, 6.45) is 0. The van der Waals surface area contributed by atoms with Gasteiger partial charge in [-0.25, -0.2) is 17.8 Å². The molecular formula is C13H10FN3O2S. The van der Waals surface area contributed by atoms with Crippen molar-refractivity contribution in [2.24, 2.45) is 0 Å².